The second-order valence-electron chi connectivity index (χ2n) is 4.34. The molecule has 0 atom stereocenters. The first-order chi connectivity index (χ1) is 7.98. The van der Waals surface area contributed by atoms with Crippen molar-refractivity contribution in [3.63, 3.8) is 0 Å². The minimum Gasteiger partial charge on any atom is -0.233 e. The number of carbonyl (C=O) groups is 1. The van der Waals surface area contributed by atoms with Crippen molar-refractivity contribution in [1.82, 2.24) is 4.48 Å². The van der Waals surface area contributed by atoms with Gasteiger partial charge < -0.3 is 0 Å². The number of hydrogen-bond acceptors (Lipinski definition) is 1. The SMILES string of the molecule is O=C[N+]1(c2ccc(C(F)(F)F)cc2)CCCC1. The fourth-order valence-corrected chi connectivity index (χ4v) is 2.27. The lowest BCUT2D eigenvalue weighted by Gasteiger charge is -2.25. The van der Waals surface area contributed by atoms with Crippen molar-refractivity contribution >= 4 is 12.1 Å². The van der Waals surface area contributed by atoms with E-state index in [2.05, 4.69) is 0 Å². The maximum Gasteiger partial charge on any atom is 0.416 e. The van der Waals surface area contributed by atoms with Gasteiger partial charge in [0.25, 0.3) is 0 Å². The van der Waals surface area contributed by atoms with Crippen LogP contribution in [0.3, 0.4) is 0 Å². The van der Waals surface area contributed by atoms with Crippen LogP contribution in [-0.2, 0) is 11.0 Å². The fourth-order valence-electron chi connectivity index (χ4n) is 2.27. The van der Waals surface area contributed by atoms with Crippen LogP contribution in [0.15, 0.2) is 24.3 Å². The molecule has 1 heterocycles. The van der Waals surface area contributed by atoms with Gasteiger partial charge in [0.05, 0.1) is 18.7 Å². The van der Waals surface area contributed by atoms with Gasteiger partial charge in [-0.25, -0.2) is 9.28 Å². The number of alkyl halides is 3. The summed E-state index contributed by atoms with van der Waals surface area (Å²) in [4.78, 5) is 11.2. The van der Waals surface area contributed by atoms with E-state index < -0.39 is 11.7 Å². The molecule has 1 aromatic rings. The van der Waals surface area contributed by atoms with Crippen LogP contribution in [0.5, 0.6) is 0 Å². The predicted molar refractivity (Wildman–Crippen MR) is 58.3 cm³/mol. The second-order valence-corrected chi connectivity index (χ2v) is 4.34. The molecule has 1 aliphatic rings. The van der Waals surface area contributed by atoms with Gasteiger partial charge in [0, 0.05) is 25.0 Å². The van der Waals surface area contributed by atoms with E-state index >= 15 is 0 Å². The molecule has 0 bridgehead atoms. The number of likely N-dealkylation sites (tertiary alicyclic amines) is 1. The number of amides is 1. The first-order valence-electron chi connectivity index (χ1n) is 5.49. The highest BCUT2D eigenvalue weighted by Gasteiger charge is 2.36. The van der Waals surface area contributed by atoms with Crippen molar-refractivity contribution in [3.8, 4) is 0 Å². The maximum absolute atomic E-state index is 12.4. The summed E-state index contributed by atoms with van der Waals surface area (Å²) in [7, 11) is 0. The Kier molecular flexibility index (Phi) is 2.95. The number of benzene rings is 1. The highest BCUT2D eigenvalue weighted by molar-refractivity contribution is 5.70. The standard InChI is InChI=1S/C12H13F3NO/c13-12(14,15)10-3-5-11(6-4-10)16(9-17)7-1-2-8-16/h3-6,9H,1-2,7-8H2/q+1. The van der Waals surface area contributed by atoms with Crippen LogP contribution in [0, 0.1) is 0 Å². The summed E-state index contributed by atoms with van der Waals surface area (Å²) in [5.41, 5.74) is -0.0324. The smallest absolute Gasteiger partial charge is 0.233 e. The van der Waals surface area contributed by atoms with Gasteiger partial charge in [-0.15, -0.1) is 0 Å². The normalized spacial score (nSPS) is 19.2. The van der Waals surface area contributed by atoms with E-state index in [-0.39, 0.29) is 4.48 Å². The van der Waals surface area contributed by atoms with Crippen molar-refractivity contribution in [2.24, 2.45) is 0 Å². The van der Waals surface area contributed by atoms with Crippen LogP contribution in [0.25, 0.3) is 0 Å². The third kappa shape index (κ3) is 2.20. The van der Waals surface area contributed by atoms with Crippen molar-refractivity contribution in [3.05, 3.63) is 29.8 Å². The van der Waals surface area contributed by atoms with E-state index in [0.717, 1.165) is 31.4 Å². The highest BCUT2D eigenvalue weighted by Crippen LogP contribution is 2.33. The van der Waals surface area contributed by atoms with Crippen molar-refractivity contribution < 1.29 is 18.0 Å². The molecule has 0 N–H and O–H groups in total. The molecule has 0 aromatic heterocycles. The Balaban J connectivity index is 2.32. The zero-order valence-corrected chi connectivity index (χ0v) is 9.20. The lowest BCUT2D eigenvalue weighted by atomic mass is 10.1. The van der Waals surface area contributed by atoms with Crippen molar-refractivity contribution in [2.75, 3.05) is 13.1 Å². The minimum atomic E-state index is -4.32. The largest absolute Gasteiger partial charge is 0.416 e. The third-order valence-electron chi connectivity index (χ3n) is 3.27. The average molecular weight is 244 g/mol. The molecular weight excluding hydrogens is 231 g/mol. The molecular formula is C12H13F3NO+. The first kappa shape index (κ1) is 12.1. The Morgan fingerprint density at radius 1 is 1.06 bits per heavy atom. The molecule has 0 spiro atoms. The zero-order chi connectivity index (χ0) is 12.5. The first-order valence-corrected chi connectivity index (χ1v) is 5.49. The number of hydrogen-bond donors (Lipinski definition) is 0. The molecule has 2 rings (SSSR count). The fraction of sp³-hybridized carbons (Fsp3) is 0.417. The minimum absolute atomic E-state index is 0.151. The topological polar surface area (TPSA) is 17.1 Å². The number of carbonyl (C=O) groups excluding carboxylic acids is 1. The van der Waals surface area contributed by atoms with Gasteiger partial charge in [0.2, 0.25) is 0 Å². The molecule has 2 nitrogen and oxygen atoms in total. The van der Waals surface area contributed by atoms with Crippen LogP contribution in [0.1, 0.15) is 18.4 Å². The molecule has 1 amide bonds. The van der Waals surface area contributed by atoms with Crippen molar-refractivity contribution in [2.45, 2.75) is 19.0 Å². The van der Waals surface area contributed by atoms with Crippen LogP contribution in [-0.4, -0.2) is 19.5 Å². The lowest BCUT2D eigenvalue weighted by Crippen LogP contribution is -2.44. The third-order valence-corrected chi connectivity index (χ3v) is 3.27. The summed E-state index contributed by atoms with van der Waals surface area (Å²) >= 11 is 0. The quantitative estimate of drug-likeness (QED) is 0.577. The van der Waals surface area contributed by atoms with E-state index in [4.69, 9.17) is 0 Å². The number of nitrogens with zero attached hydrogens (tertiary/aromatic N) is 1. The van der Waals surface area contributed by atoms with Gasteiger partial charge in [-0.05, 0) is 12.1 Å². The van der Waals surface area contributed by atoms with Gasteiger partial charge in [-0.1, -0.05) is 0 Å². The van der Waals surface area contributed by atoms with Crippen LogP contribution in [0.4, 0.5) is 18.9 Å². The lowest BCUT2D eigenvalue weighted by molar-refractivity contribution is -0.137. The predicted octanol–water partition coefficient (Wildman–Crippen LogP) is 2.96. The van der Waals surface area contributed by atoms with E-state index in [1.165, 1.54) is 12.1 Å². The summed E-state index contributed by atoms with van der Waals surface area (Å²) < 4.78 is 37.3. The average Bonchev–Trinajstić information content (AvgIpc) is 2.78. The summed E-state index contributed by atoms with van der Waals surface area (Å²) in [6.45, 7) is 1.35. The molecule has 1 aliphatic heterocycles. The van der Waals surface area contributed by atoms with Crippen LogP contribution < -0.4 is 4.48 Å². The van der Waals surface area contributed by atoms with E-state index in [1.54, 1.807) is 0 Å². The van der Waals surface area contributed by atoms with Gasteiger partial charge in [-0.3, -0.25) is 0 Å². The molecule has 17 heavy (non-hydrogen) atoms. The van der Waals surface area contributed by atoms with E-state index in [0.29, 0.717) is 18.8 Å². The molecule has 1 fully saturated rings. The van der Waals surface area contributed by atoms with Crippen molar-refractivity contribution in [1.29, 1.82) is 0 Å². The van der Waals surface area contributed by atoms with Gasteiger partial charge in [-0.2, -0.15) is 13.2 Å². The Hall–Kier alpha value is -1.36. The molecule has 1 saturated heterocycles. The number of rotatable bonds is 2. The summed E-state index contributed by atoms with van der Waals surface area (Å²) in [6, 6.07) is 4.89. The highest BCUT2D eigenvalue weighted by atomic mass is 19.4. The summed E-state index contributed by atoms with van der Waals surface area (Å²) in [5, 5.41) is 0. The van der Waals surface area contributed by atoms with E-state index in [9.17, 15) is 18.0 Å². The molecule has 5 heteroatoms. The van der Waals surface area contributed by atoms with Gasteiger partial charge in [0.15, 0.2) is 0 Å². The molecule has 0 aliphatic carbocycles. The second kappa shape index (κ2) is 4.14. The monoisotopic (exact) mass is 244 g/mol. The Morgan fingerprint density at radius 2 is 1.59 bits per heavy atom. The molecule has 0 saturated carbocycles. The summed E-state index contributed by atoms with van der Waals surface area (Å²) in [5.74, 6) is 0. The Morgan fingerprint density at radius 3 is 2.00 bits per heavy atom. The van der Waals surface area contributed by atoms with E-state index in [1.807, 2.05) is 0 Å². The van der Waals surface area contributed by atoms with Gasteiger partial charge in [0.1, 0.15) is 5.69 Å². The molecule has 92 valence electrons. The van der Waals surface area contributed by atoms with Crippen LogP contribution in [0.2, 0.25) is 0 Å². The Labute approximate surface area is 97.2 Å². The Bertz CT molecular complexity index is 405. The zero-order valence-electron chi connectivity index (χ0n) is 9.20. The van der Waals surface area contributed by atoms with Gasteiger partial charge >= 0.3 is 12.6 Å². The molecule has 1 aromatic carbocycles. The molecule has 0 radical (unpaired) electrons. The number of quaternary nitrogens is 1. The number of halogens is 3. The maximum atomic E-state index is 12.4. The van der Waals surface area contributed by atoms with Crippen LogP contribution >= 0.6 is 0 Å². The molecule has 0 unspecified atom stereocenters. The summed E-state index contributed by atoms with van der Waals surface area (Å²) in [6.07, 6.45) is -1.63.